The third kappa shape index (κ3) is 5.29. The second-order valence-electron chi connectivity index (χ2n) is 2.75. The van der Waals surface area contributed by atoms with Crippen molar-refractivity contribution in [3.63, 3.8) is 0 Å². The summed E-state index contributed by atoms with van der Waals surface area (Å²) in [6, 6.07) is 0. The van der Waals surface area contributed by atoms with E-state index in [1.54, 1.807) is 29.8 Å². The number of rotatable bonds is 6. The summed E-state index contributed by atoms with van der Waals surface area (Å²) in [6.07, 6.45) is 5.01. The second kappa shape index (κ2) is 7.14. The molecule has 1 N–H and O–H groups in total. The molecule has 0 fully saturated rings. The van der Waals surface area contributed by atoms with E-state index in [4.69, 9.17) is 4.74 Å². The zero-order chi connectivity index (χ0) is 10.9. The topological polar surface area (TPSA) is 51.2 Å². The summed E-state index contributed by atoms with van der Waals surface area (Å²) >= 11 is 1.61. The Balaban J connectivity index is 2.08. The third-order valence-corrected chi connectivity index (χ3v) is 2.37. The minimum absolute atomic E-state index is 0.294. The number of ether oxygens (including phenoxy) is 1. The van der Waals surface area contributed by atoms with E-state index in [-0.39, 0.29) is 5.97 Å². The lowest BCUT2D eigenvalue weighted by Gasteiger charge is -1.97. The third-order valence-electron chi connectivity index (χ3n) is 1.59. The average molecular weight is 226 g/mol. The first-order valence-electron chi connectivity index (χ1n) is 4.74. The number of thiazole rings is 1. The molecule has 1 heterocycles. The van der Waals surface area contributed by atoms with Crippen molar-refractivity contribution >= 4 is 17.3 Å². The number of aromatic nitrogens is 1. The quantitative estimate of drug-likeness (QED) is 0.452. The van der Waals surface area contributed by atoms with Crippen molar-refractivity contribution in [3.8, 4) is 0 Å². The molecule has 1 rings (SSSR count). The highest BCUT2D eigenvalue weighted by atomic mass is 32.1. The van der Waals surface area contributed by atoms with Crippen LogP contribution in [0.4, 0.5) is 0 Å². The molecule has 0 unspecified atom stereocenters. The summed E-state index contributed by atoms with van der Waals surface area (Å²) in [5.41, 5.74) is 1.80. The molecule has 15 heavy (non-hydrogen) atoms. The van der Waals surface area contributed by atoms with Gasteiger partial charge in [0.05, 0.1) is 12.1 Å². The molecule has 0 aromatic carbocycles. The van der Waals surface area contributed by atoms with Crippen molar-refractivity contribution in [1.29, 1.82) is 0 Å². The molecule has 0 amide bonds. The van der Waals surface area contributed by atoms with Gasteiger partial charge in [0, 0.05) is 30.2 Å². The molecule has 0 saturated carbocycles. The second-order valence-corrected chi connectivity index (χ2v) is 3.72. The summed E-state index contributed by atoms with van der Waals surface area (Å²) in [4.78, 5) is 16.0. The van der Waals surface area contributed by atoms with Crippen LogP contribution in [-0.2, 0) is 16.1 Å². The first kappa shape index (κ1) is 11.9. The smallest absolute Gasteiger partial charge is 0.330 e. The van der Waals surface area contributed by atoms with Crippen LogP contribution in [0.5, 0.6) is 0 Å². The van der Waals surface area contributed by atoms with Gasteiger partial charge in [0.15, 0.2) is 0 Å². The molecular weight excluding hydrogens is 212 g/mol. The van der Waals surface area contributed by atoms with Crippen molar-refractivity contribution in [2.45, 2.75) is 13.5 Å². The molecule has 0 aliphatic heterocycles. The summed E-state index contributed by atoms with van der Waals surface area (Å²) in [5.74, 6) is -0.294. The molecule has 5 heteroatoms. The molecule has 0 aliphatic rings. The SMILES string of the molecule is CCOC(=O)/C=C/CNCc1cncs1. The van der Waals surface area contributed by atoms with Crippen molar-refractivity contribution in [2.24, 2.45) is 0 Å². The number of hydrogen-bond donors (Lipinski definition) is 1. The molecule has 0 saturated heterocycles. The lowest BCUT2D eigenvalue weighted by Crippen LogP contribution is -2.12. The Bertz CT molecular complexity index is 309. The highest BCUT2D eigenvalue weighted by Gasteiger charge is 1.93. The summed E-state index contributed by atoms with van der Waals surface area (Å²) in [5, 5.41) is 3.16. The Morgan fingerprint density at radius 2 is 2.60 bits per heavy atom. The van der Waals surface area contributed by atoms with Crippen molar-refractivity contribution in [3.05, 3.63) is 28.7 Å². The molecule has 4 nitrogen and oxygen atoms in total. The maximum atomic E-state index is 10.9. The van der Waals surface area contributed by atoms with Crippen LogP contribution in [0.3, 0.4) is 0 Å². The van der Waals surface area contributed by atoms with Gasteiger partial charge in [-0.1, -0.05) is 6.08 Å². The van der Waals surface area contributed by atoms with Gasteiger partial charge in [-0.05, 0) is 6.92 Å². The van der Waals surface area contributed by atoms with Crippen LogP contribution >= 0.6 is 11.3 Å². The number of esters is 1. The molecule has 1 aromatic rings. The highest BCUT2D eigenvalue weighted by molar-refractivity contribution is 7.09. The van der Waals surface area contributed by atoms with Crippen molar-refractivity contribution in [1.82, 2.24) is 10.3 Å². The van der Waals surface area contributed by atoms with Crippen LogP contribution in [-0.4, -0.2) is 24.1 Å². The van der Waals surface area contributed by atoms with Gasteiger partial charge in [0.25, 0.3) is 0 Å². The van der Waals surface area contributed by atoms with Gasteiger partial charge in [-0.25, -0.2) is 4.79 Å². The number of carbonyl (C=O) groups excluding carboxylic acids is 1. The van der Waals surface area contributed by atoms with Crippen molar-refractivity contribution in [2.75, 3.05) is 13.2 Å². The Morgan fingerprint density at radius 1 is 1.73 bits per heavy atom. The minimum atomic E-state index is -0.294. The standard InChI is InChI=1S/C10H14N2O2S/c1-2-14-10(13)4-3-5-11-6-9-7-12-8-15-9/h3-4,7-8,11H,2,5-6H2,1H3/b4-3+. The zero-order valence-electron chi connectivity index (χ0n) is 8.60. The number of nitrogens with zero attached hydrogens (tertiary/aromatic N) is 1. The van der Waals surface area contributed by atoms with Gasteiger partial charge in [-0.3, -0.25) is 4.98 Å². The fraction of sp³-hybridized carbons (Fsp3) is 0.400. The molecule has 1 aromatic heterocycles. The van der Waals surface area contributed by atoms with E-state index in [9.17, 15) is 4.79 Å². The first-order valence-corrected chi connectivity index (χ1v) is 5.62. The van der Waals surface area contributed by atoms with E-state index >= 15 is 0 Å². The monoisotopic (exact) mass is 226 g/mol. The lowest BCUT2D eigenvalue weighted by atomic mass is 10.4. The predicted octanol–water partition coefficient (Wildman–Crippen LogP) is 1.35. The predicted molar refractivity (Wildman–Crippen MR) is 59.6 cm³/mol. The molecule has 0 bridgehead atoms. The van der Waals surface area contributed by atoms with Gasteiger partial charge in [0.2, 0.25) is 0 Å². The number of nitrogens with one attached hydrogen (secondary N) is 1. The maximum Gasteiger partial charge on any atom is 0.330 e. The van der Waals surface area contributed by atoms with E-state index in [1.807, 2.05) is 6.20 Å². The van der Waals surface area contributed by atoms with Crippen molar-refractivity contribution < 1.29 is 9.53 Å². The molecule has 0 spiro atoms. The molecule has 0 atom stereocenters. The first-order chi connectivity index (χ1) is 7.33. The average Bonchev–Trinajstić information content (AvgIpc) is 2.70. The van der Waals surface area contributed by atoms with Gasteiger partial charge in [0.1, 0.15) is 0 Å². The highest BCUT2D eigenvalue weighted by Crippen LogP contribution is 2.03. The Kier molecular flexibility index (Phi) is 5.65. The largest absolute Gasteiger partial charge is 0.463 e. The van der Waals surface area contributed by atoms with Crippen LogP contribution in [0.25, 0.3) is 0 Å². The number of carbonyl (C=O) groups is 1. The van der Waals surface area contributed by atoms with E-state index in [0.717, 1.165) is 6.54 Å². The van der Waals surface area contributed by atoms with E-state index in [2.05, 4.69) is 10.3 Å². The van der Waals surface area contributed by atoms with Crippen LogP contribution < -0.4 is 5.32 Å². The van der Waals surface area contributed by atoms with Crippen LogP contribution in [0, 0.1) is 0 Å². The molecule has 0 radical (unpaired) electrons. The van der Waals surface area contributed by atoms with Crippen LogP contribution in [0.1, 0.15) is 11.8 Å². The summed E-state index contributed by atoms with van der Waals surface area (Å²) < 4.78 is 4.73. The number of hydrogen-bond acceptors (Lipinski definition) is 5. The normalized spacial score (nSPS) is 10.7. The molecule has 82 valence electrons. The van der Waals surface area contributed by atoms with E-state index in [0.29, 0.717) is 13.2 Å². The van der Waals surface area contributed by atoms with Crippen LogP contribution in [0.15, 0.2) is 23.9 Å². The fourth-order valence-corrected chi connectivity index (χ4v) is 1.52. The lowest BCUT2D eigenvalue weighted by molar-refractivity contribution is -0.137. The van der Waals surface area contributed by atoms with E-state index < -0.39 is 0 Å². The fourth-order valence-electron chi connectivity index (χ4n) is 0.954. The van der Waals surface area contributed by atoms with Gasteiger partial charge >= 0.3 is 5.97 Å². The van der Waals surface area contributed by atoms with Crippen LogP contribution in [0.2, 0.25) is 0 Å². The van der Waals surface area contributed by atoms with Gasteiger partial charge in [-0.15, -0.1) is 11.3 Å². The Morgan fingerprint density at radius 3 is 3.27 bits per heavy atom. The molecular formula is C10H14N2O2S. The molecule has 0 aliphatic carbocycles. The summed E-state index contributed by atoms with van der Waals surface area (Å²) in [6.45, 7) is 3.62. The minimum Gasteiger partial charge on any atom is -0.463 e. The van der Waals surface area contributed by atoms with E-state index in [1.165, 1.54) is 11.0 Å². The Hall–Kier alpha value is -1.20. The summed E-state index contributed by atoms with van der Waals surface area (Å²) in [7, 11) is 0. The maximum absolute atomic E-state index is 10.9. The van der Waals surface area contributed by atoms with Gasteiger partial charge < -0.3 is 10.1 Å². The Labute approximate surface area is 93.0 Å². The van der Waals surface area contributed by atoms with Gasteiger partial charge in [-0.2, -0.15) is 0 Å². The zero-order valence-corrected chi connectivity index (χ0v) is 9.42.